The van der Waals surface area contributed by atoms with Crippen molar-refractivity contribution in [2.45, 2.75) is 19.9 Å². The van der Waals surface area contributed by atoms with Gasteiger partial charge in [0, 0.05) is 33.5 Å². The van der Waals surface area contributed by atoms with Crippen LogP contribution < -0.4 is 10.6 Å². The van der Waals surface area contributed by atoms with Gasteiger partial charge in [-0.3, -0.25) is 4.79 Å². The molecule has 1 amide bonds. The molecule has 0 radical (unpaired) electrons. The maximum atomic E-state index is 11.5. The summed E-state index contributed by atoms with van der Waals surface area (Å²) in [5, 5.41) is 8.24. The van der Waals surface area contributed by atoms with Gasteiger partial charge in [-0.1, -0.05) is 12.1 Å². The lowest BCUT2D eigenvalue weighted by atomic mass is 10.1. The third kappa shape index (κ3) is 4.65. The highest BCUT2D eigenvalue weighted by Gasteiger charge is 2.02. The minimum atomic E-state index is 0.0663. The zero-order chi connectivity index (χ0) is 14.4. The number of halogens is 1. The standard InChI is InChI=1S/C15H17BrN2OS/c1-2-17-15(19)7-11-3-5-13(6-4-11)18-9-14-8-12(16)10-20-14/h3-6,8,10,18H,2,7,9H2,1H3,(H,17,19). The second kappa shape index (κ2) is 7.45. The van der Waals surface area contributed by atoms with Crippen LogP contribution in [-0.2, 0) is 17.8 Å². The second-order valence-electron chi connectivity index (χ2n) is 4.41. The van der Waals surface area contributed by atoms with Crippen molar-refractivity contribution in [3.05, 3.63) is 50.6 Å². The molecule has 0 aliphatic carbocycles. The van der Waals surface area contributed by atoms with E-state index in [1.807, 2.05) is 31.2 Å². The molecule has 0 saturated carbocycles. The van der Waals surface area contributed by atoms with Crippen molar-refractivity contribution < 1.29 is 4.79 Å². The first-order chi connectivity index (χ1) is 9.67. The van der Waals surface area contributed by atoms with Crippen LogP contribution >= 0.6 is 27.3 Å². The Balaban J connectivity index is 1.86. The Morgan fingerprint density at radius 2 is 2.05 bits per heavy atom. The molecule has 3 nitrogen and oxygen atoms in total. The molecule has 0 unspecified atom stereocenters. The minimum Gasteiger partial charge on any atom is -0.380 e. The summed E-state index contributed by atoms with van der Waals surface area (Å²) < 4.78 is 1.12. The molecule has 0 spiro atoms. The Kier molecular flexibility index (Phi) is 5.61. The molecule has 0 atom stereocenters. The van der Waals surface area contributed by atoms with Crippen molar-refractivity contribution in [1.82, 2.24) is 5.32 Å². The van der Waals surface area contributed by atoms with E-state index in [0.29, 0.717) is 13.0 Å². The van der Waals surface area contributed by atoms with Crippen LogP contribution in [0.4, 0.5) is 5.69 Å². The predicted octanol–water partition coefficient (Wildman–Crippen LogP) is 3.80. The number of likely N-dealkylation sites (N-methyl/N-ethyl adjacent to an activating group) is 1. The van der Waals surface area contributed by atoms with Crippen LogP contribution in [0.1, 0.15) is 17.4 Å². The van der Waals surface area contributed by atoms with E-state index in [9.17, 15) is 4.79 Å². The molecule has 0 bridgehead atoms. The van der Waals surface area contributed by atoms with E-state index in [2.05, 4.69) is 38.0 Å². The molecule has 106 valence electrons. The summed E-state index contributed by atoms with van der Waals surface area (Å²) in [6.07, 6.45) is 0.436. The molecule has 1 aromatic heterocycles. The van der Waals surface area contributed by atoms with Crippen molar-refractivity contribution in [3.63, 3.8) is 0 Å². The zero-order valence-electron chi connectivity index (χ0n) is 11.3. The van der Waals surface area contributed by atoms with Crippen LogP contribution in [0.3, 0.4) is 0 Å². The Morgan fingerprint density at radius 3 is 2.65 bits per heavy atom. The predicted molar refractivity (Wildman–Crippen MR) is 88.2 cm³/mol. The number of hydrogen-bond acceptors (Lipinski definition) is 3. The summed E-state index contributed by atoms with van der Waals surface area (Å²) in [5.74, 6) is 0.0663. The zero-order valence-corrected chi connectivity index (χ0v) is 13.7. The summed E-state index contributed by atoms with van der Waals surface area (Å²) >= 11 is 5.17. The van der Waals surface area contributed by atoms with Gasteiger partial charge in [0.2, 0.25) is 5.91 Å². The molecule has 2 aromatic rings. The lowest BCUT2D eigenvalue weighted by Gasteiger charge is -2.06. The van der Waals surface area contributed by atoms with Gasteiger partial charge >= 0.3 is 0 Å². The van der Waals surface area contributed by atoms with E-state index in [0.717, 1.165) is 22.3 Å². The van der Waals surface area contributed by atoms with Crippen molar-refractivity contribution in [1.29, 1.82) is 0 Å². The first kappa shape index (κ1) is 15.1. The third-order valence-electron chi connectivity index (χ3n) is 2.78. The fraction of sp³-hybridized carbons (Fsp3) is 0.267. The Morgan fingerprint density at radius 1 is 1.30 bits per heavy atom. The van der Waals surface area contributed by atoms with Crippen LogP contribution in [0.15, 0.2) is 40.2 Å². The van der Waals surface area contributed by atoms with Crippen molar-refractivity contribution >= 4 is 38.9 Å². The van der Waals surface area contributed by atoms with Gasteiger partial charge in [0.05, 0.1) is 6.42 Å². The smallest absolute Gasteiger partial charge is 0.224 e. The van der Waals surface area contributed by atoms with Gasteiger partial charge in [-0.2, -0.15) is 0 Å². The number of anilines is 1. The van der Waals surface area contributed by atoms with Gasteiger partial charge in [0.1, 0.15) is 0 Å². The lowest BCUT2D eigenvalue weighted by molar-refractivity contribution is -0.120. The number of rotatable bonds is 6. The molecule has 0 fully saturated rings. The number of carbonyl (C=O) groups is 1. The second-order valence-corrected chi connectivity index (χ2v) is 6.32. The maximum Gasteiger partial charge on any atom is 0.224 e. The number of carbonyl (C=O) groups excluding carboxylic acids is 1. The normalized spacial score (nSPS) is 10.3. The van der Waals surface area contributed by atoms with Gasteiger partial charge in [0.15, 0.2) is 0 Å². The number of benzene rings is 1. The highest BCUT2D eigenvalue weighted by atomic mass is 79.9. The monoisotopic (exact) mass is 352 g/mol. The van der Waals surface area contributed by atoms with E-state index in [4.69, 9.17) is 0 Å². The van der Waals surface area contributed by atoms with E-state index < -0.39 is 0 Å². The van der Waals surface area contributed by atoms with Gasteiger partial charge < -0.3 is 10.6 Å². The molecule has 0 aliphatic heterocycles. The Labute approximate surface area is 131 Å². The molecule has 0 aliphatic rings. The summed E-state index contributed by atoms with van der Waals surface area (Å²) in [7, 11) is 0. The maximum absolute atomic E-state index is 11.5. The van der Waals surface area contributed by atoms with Crippen LogP contribution in [0.5, 0.6) is 0 Å². The lowest BCUT2D eigenvalue weighted by Crippen LogP contribution is -2.24. The topological polar surface area (TPSA) is 41.1 Å². The molecule has 1 aromatic carbocycles. The SMILES string of the molecule is CCNC(=O)Cc1ccc(NCc2cc(Br)cs2)cc1. The van der Waals surface area contributed by atoms with Gasteiger partial charge in [-0.25, -0.2) is 0 Å². The van der Waals surface area contributed by atoms with E-state index >= 15 is 0 Å². The first-order valence-electron chi connectivity index (χ1n) is 6.50. The average Bonchev–Trinajstić information content (AvgIpc) is 2.84. The van der Waals surface area contributed by atoms with Crippen molar-refractivity contribution in [3.8, 4) is 0 Å². The Hall–Kier alpha value is -1.33. The molecule has 2 N–H and O–H groups in total. The van der Waals surface area contributed by atoms with Crippen molar-refractivity contribution in [2.24, 2.45) is 0 Å². The molecule has 2 rings (SSSR count). The number of thiophene rings is 1. The summed E-state index contributed by atoms with van der Waals surface area (Å²) in [5.41, 5.74) is 2.09. The van der Waals surface area contributed by atoms with Gasteiger partial charge in [-0.15, -0.1) is 11.3 Å². The molecule has 1 heterocycles. The molecule has 0 saturated heterocycles. The van der Waals surface area contributed by atoms with Crippen LogP contribution in [0.25, 0.3) is 0 Å². The highest BCUT2D eigenvalue weighted by Crippen LogP contribution is 2.21. The fourth-order valence-electron chi connectivity index (χ4n) is 1.82. The first-order valence-corrected chi connectivity index (χ1v) is 8.17. The fourth-order valence-corrected chi connectivity index (χ4v) is 3.21. The summed E-state index contributed by atoms with van der Waals surface area (Å²) in [4.78, 5) is 12.8. The largest absolute Gasteiger partial charge is 0.380 e. The van der Waals surface area contributed by atoms with Crippen molar-refractivity contribution in [2.75, 3.05) is 11.9 Å². The molecule has 5 heteroatoms. The number of nitrogens with one attached hydrogen (secondary N) is 2. The molecular formula is C15H17BrN2OS. The van der Waals surface area contributed by atoms with Gasteiger partial charge in [0.25, 0.3) is 0 Å². The quantitative estimate of drug-likeness (QED) is 0.829. The van der Waals surface area contributed by atoms with E-state index in [1.54, 1.807) is 11.3 Å². The van der Waals surface area contributed by atoms with Gasteiger partial charge in [-0.05, 0) is 46.6 Å². The van der Waals surface area contributed by atoms with E-state index in [-0.39, 0.29) is 5.91 Å². The molecular weight excluding hydrogens is 336 g/mol. The van der Waals surface area contributed by atoms with Crippen LogP contribution in [0.2, 0.25) is 0 Å². The summed E-state index contributed by atoms with van der Waals surface area (Å²) in [6.45, 7) is 3.41. The number of hydrogen-bond donors (Lipinski definition) is 2. The van der Waals surface area contributed by atoms with Crippen LogP contribution in [0, 0.1) is 0 Å². The Bertz CT molecular complexity index is 566. The minimum absolute atomic E-state index is 0.0663. The third-order valence-corrected chi connectivity index (χ3v) is 4.48. The number of amides is 1. The highest BCUT2D eigenvalue weighted by molar-refractivity contribution is 9.10. The average molecular weight is 353 g/mol. The van der Waals surface area contributed by atoms with E-state index in [1.165, 1.54) is 4.88 Å². The van der Waals surface area contributed by atoms with Crippen LogP contribution in [-0.4, -0.2) is 12.5 Å². The molecule has 20 heavy (non-hydrogen) atoms. The summed E-state index contributed by atoms with van der Waals surface area (Å²) in [6, 6.07) is 10.1.